The molecule has 0 amide bonds. The van der Waals surface area contributed by atoms with Crippen molar-refractivity contribution in [2.45, 2.75) is 95.7 Å². The van der Waals surface area contributed by atoms with Crippen LogP contribution in [0.15, 0.2) is 18.2 Å². The molecule has 1 aliphatic carbocycles. The quantitative estimate of drug-likeness (QED) is 0.317. The van der Waals surface area contributed by atoms with Crippen LogP contribution in [0.2, 0.25) is 18.1 Å². The van der Waals surface area contributed by atoms with Crippen LogP contribution in [0.5, 0.6) is 0 Å². The minimum Gasteiger partial charge on any atom is -0.204 e. The van der Waals surface area contributed by atoms with E-state index in [1.54, 1.807) is 37.0 Å². The number of benzene rings is 1. The molecule has 1 saturated carbocycles. The van der Waals surface area contributed by atoms with Crippen molar-refractivity contribution in [2.75, 3.05) is 0 Å². The van der Waals surface area contributed by atoms with Crippen molar-refractivity contribution in [3.63, 3.8) is 0 Å². The summed E-state index contributed by atoms with van der Waals surface area (Å²) in [6.07, 6.45) is 14.9. The average Bonchev–Trinajstić information content (AvgIpc) is 2.69. The van der Waals surface area contributed by atoms with E-state index in [-0.39, 0.29) is 8.80 Å². The van der Waals surface area contributed by atoms with Crippen LogP contribution < -0.4 is 0 Å². The largest absolute Gasteiger partial charge is 0.204 e. The summed E-state index contributed by atoms with van der Waals surface area (Å²) in [5, 5.41) is 0. The van der Waals surface area contributed by atoms with E-state index >= 15 is 0 Å². The number of halogens is 2. The Labute approximate surface area is 166 Å². The third-order valence-corrected chi connectivity index (χ3v) is 11.2. The predicted octanol–water partition coefficient (Wildman–Crippen LogP) is 7.53. The van der Waals surface area contributed by atoms with E-state index in [2.05, 4.69) is 6.92 Å². The Balaban J connectivity index is 1.29. The normalized spacial score (nSPS) is 29.0. The lowest BCUT2D eigenvalue weighted by Crippen LogP contribution is -2.28. The van der Waals surface area contributed by atoms with Crippen LogP contribution >= 0.6 is 0 Å². The molecule has 0 atom stereocenters. The maximum Gasteiger partial charge on any atom is 0.159 e. The van der Waals surface area contributed by atoms with Gasteiger partial charge in [0.1, 0.15) is 0 Å². The standard InChI is InChI=1S/C24H38F2Si/c1-2-15-27-16-13-22(14-17-27)21-10-7-19(8-11-21)5-3-4-6-20-9-12-23(25)24(26)18-20/h9,12,18-19,21-22,27H,2-8,10-11,13-17H2,1H3/t19-,21-,22?,27?. The Kier molecular flexibility index (Phi) is 8.36. The highest BCUT2D eigenvalue weighted by molar-refractivity contribution is 6.58. The smallest absolute Gasteiger partial charge is 0.159 e. The number of rotatable bonds is 8. The third kappa shape index (κ3) is 6.41. The van der Waals surface area contributed by atoms with Crippen LogP contribution in [-0.4, -0.2) is 8.80 Å². The molecule has 3 rings (SSSR count). The third-order valence-electron chi connectivity index (χ3n) is 7.46. The molecule has 0 unspecified atom stereocenters. The van der Waals surface area contributed by atoms with Crippen molar-refractivity contribution < 1.29 is 8.78 Å². The second-order valence-electron chi connectivity index (χ2n) is 9.34. The first-order valence-electron chi connectivity index (χ1n) is 11.6. The molecule has 0 nitrogen and oxygen atoms in total. The summed E-state index contributed by atoms with van der Waals surface area (Å²) < 4.78 is 26.2. The van der Waals surface area contributed by atoms with Gasteiger partial charge < -0.3 is 0 Å². The Hall–Kier alpha value is -0.703. The molecule has 0 bridgehead atoms. The van der Waals surface area contributed by atoms with Crippen LogP contribution in [-0.2, 0) is 6.42 Å². The van der Waals surface area contributed by atoms with Crippen LogP contribution in [0, 0.1) is 29.4 Å². The zero-order valence-corrected chi connectivity index (χ0v) is 18.4. The van der Waals surface area contributed by atoms with Crippen molar-refractivity contribution in [3.05, 3.63) is 35.4 Å². The van der Waals surface area contributed by atoms with Gasteiger partial charge in [0, 0.05) is 8.80 Å². The molecule has 0 spiro atoms. The van der Waals surface area contributed by atoms with Gasteiger partial charge in [-0.3, -0.25) is 0 Å². The number of aryl methyl sites for hydroxylation is 1. The second-order valence-corrected chi connectivity index (χ2v) is 12.8. The van der Waals surface area contributed by atoms with Gasteiger partial charge in [-0.15, -0.1) is 0 Å². The zero-order valence-electron chi connectivity index (χ0n) is 17.2. The van der Waals surface area contributed by atoms with Crippen LogP contribution in [0.3, 0.4) is 0 Å². The van der Waals surface area contributed by atoms with Gasteiger partial charge in [0.05, 0.1) is 0 Å². The monoisotopic (exact) mass is 392 g/mol. The molecule has 0 radical (unpaired) electrons. The van der Waals surface area contributed by atoms with Gasteiger partial charge in [0.2, 0.25) is 0 Å². The van der Waals surface area contributed by atoms with Crippen molar-refractivity contribution >= 4 is 8.80 Å². The highest BCUT2D eigenvalue weighted by atomic mass is 28.3. The highest BCUT2D eigenvalue weighted by Crippen LogP contribution is 2.41. The van der Waals surface area contributed by atoms with Gasteiger partial charge in [-0.25, -0.2) is 8.78 Å². The van der Waals surface area contributed by atoms with E-state index in [1.165, 1.54) is 57.1 Å². The van der Waals surface area contributed by atoms with Gasteiger partial charge in [0.25, 0.3) is 0 Å². The second kappa shape index (κ2) is 10.7. The maximum atomic E-state index is 13.3. The van der Waals surface area contributed by atoms with Crippen molar-refractivity contribution in [2.24, 2.45) is 17.8 Å². The highest BCUT2D eigenvalue weighted by Gasteiger charge is 2.30. The molecule has 152 valence electrons. The predicted molar refractivity (Wildman–Crippen MR) is 114 cm³/mol. The van der Waals surface area contributed by atoms with E-state index < -0.39 is 11.6 Å². The van der Waals surface area contributed by atoms with Gasteiger partial charge in [-0.1, -0.05) is 76.1 Å². The summed E-state index contributed by atoms with van der Waals surface area (Å²) >= 11 is 0. The van der Waals surface area contributed by atoms with E-state index in [9.17, 15) is 8.78 Å². The van der Waals surface area contributed by atoms with Crippen molar-refractivity contribution in [3.8, 4) is 0 Å². The first-order chi connectivity index (χ1) is 13.2. The van der Waals surface area contributed by atoms with Gasteiger partial charge in [-0.2, -0.15) is 0 Å². The molecule has 2 aliphatic rings. The molecule has 0 aromatic heterocycles. The SMILES string of the molecule is CCC[SiH]1CCC([C@H]2CC[C@H](CCCCc3ccc(F)c(F)c3)CC2)CC1. The van der Waals surface area contributed by atoms with E-state index in [4.69, 9.17) is 0 Å². The number of unbranched alkanes of at least 4 members (excludes halogenated alkanes) is 1. The molecule has 0 N–H and O–H groups in total. The summed E-state index contributed by atoms with van der Waals surface area (Å²) in [6, 6.07) is 9.18. The fourth-order valence-corrected chi connectivity index (χ4v) is 9.24. The molecule has 1 saturated heterocycles. The molecule has 1 aliphatic heterocycles. The van der Waals surface area contributed by atoms with Crippen LogP contribution in [0.4, 0.5) is 8.78 Å². The molecular weight excluding hydrogens is 354 g/mol. The summed E-state index contributed by atoms with van der Waals surface area (Å²) in [6.45, 7) is 2.36. The maximum absolute atomic E-state index is 13.3. The van der Waals surface area contributed by atoms with E-state index in [1.807, 2.05) is 0 Å². The number of hydrogen-bond acceptors (Lipinski definition) is 0. The first-order valence-corrected chi connectivity index (χ1v) is 14.0. The molecule has 3 heteroatoms. The first kappa shape index (κ1) is 21.0. The van der Waals surface area contributed by atoms with Gasteiger partial charge in [-0.05, 0) is 61.1 Å². The van der Waals surface area contributed by atoms with E-state index in [0.717, 1.165) is 36.2 Å². The summed E-state index contributed by atoms with van der Waals surface area (Å²) in [7, 11) is -0.327. The molecular formula is C24H38F2Si. The summed E-state index contributed by atoms with van der Waals surface area (Å²) in [5.74, 6) is 1.55. The van der Waals surface area contributed by atoms with Crippen molar-refractivity contribution in [1.82, 2.24) is 0 Å². The van der Waals surface area contributed by atoms with Crippen LogP contribution in [0.25, 0.3) is 0 Å². The summed E-state index contributed by atoms with van der Waals surface area (Å²) in [4.78, 5) is 0. The van der Waals surface area contributed by atoms with Crippen LogP contribution in [0.1, 0.15) is 76.7 Å². The van der Waals surface area contributed by atoms with Gasteiger partial charge in [0.15, 0.2) is 11.6 Å². The fourth-order valence-electron chi connectivity index (χ4n) is 5.76. The topological polar surface area (TPSA) is 0 Å². The average molecular weight is 393 g/mol. The lowest BCUT2D eigenvalue weighted by Gasteiger charge is -2.37. The fraction of sp³-hybridized carbons (Fsp3) is 0.750. The lowest BCUT2D eigenvalue weighted by atomic mass is 9.73. The Bertz CT molecular complexity index is 557. The Morgan fingerprint density at radius 3 is 2.26 bits per heavy atom. The van der Waals surface area contributed by atoms with E-state index in [0.29, 0.717) is 0 Å². The zero-order chi connectivity index (χ0) is 19.1. The number of hydrogen-bond donors (Lipinski definition) is 0. The molecule has 27 heavy (non-hydrogen) atoms. The molecule has 1 aromatic carbocycles. The molecule has 2 fully saturated rings. The minimum absolute atomic E-state index is 0.327. The van der Waals surface area contributed by atoms with Gasteiger partial charge >= 0.3 is 0 Å². The van der Waals surface area contributed by atoms with Crippen molar-refractivity contribution in [1.29, 1.82) is 0 Å². The Morgan fingerprint density at radius 2 is 1.59 bits per heavy atom. The Morgan fingerprint density at radius 1 is 0.889 bits per heavy atom. The lowest BCUT2D eigenvalue weighted by molar-refractivity contribution is 0.184. The summed E-state index contributed by atoms with van der Waals surface area (Å²) in [5.41, 5.74) is 0.930. The molecule has 1 heterocycles. The minimum atomic E-state index is -0.739. The molecule has 1 aromatic rings.